The Morgan fingerprint density at radius 1 is 1.29 bits per heavy atom. The Morgan fingerprint density at radius 2 is 2.21 bits per heavy atom. The second-order valence-electron chi connectivity index (χ2n) is 3.32. The van der Waals surface area contributed by atoms with Crippen LogP contribution in [0.3, 0.4) is 0 Å². The number of furan rings is 1. The summed E-state index contributed by atoms with van der Waals surface area (Å²) in [6.07, 6.45) is 3.94. The molecule has 1 aromatic heterocycles. The zero-order valence-corrected chi connectivity index (χ0v) is 8.32. The van der Waals surface area contributed by atoms with Gasteiger partial charge in [0.05, 0.1) is 12.9 Å². The quantitative estimate of drug-likeness (QED) is 0.687. The van der Waals surface area contributed by atoms with E-state index in [1.807, 2.05) is 24.3 Å². The van der Waals surface area contributed by atoms with Crippen LogP contribution in [0.5, 0.6) is 5.75 Å². The number of unbranched alkanes of at least 4 members (excludes halogenated alkanes) is 1. The molecule has 14 heavy (non-hydrogen) atoms. The van der Waals surface area contributed by atoms with Crippen LogP contribution in [0.15, 0.2) is 34.9 Å². The predicted octanol–water partition coefficient (Wildman–Crippen LogP) is 3.61. The highest BCUT2D eigenvalue weighted by Gasteiger charge is 1.98. The molecule has 0 saturated heterocycles. The Bertz CT molecular complexity index is 403. The van der Waals surface area contributed by atoms with Gasteiger partial charge in [0, 0.05) is 11.5 Å². The SMILES string of the molecule is CCCCOc1ccc2ccoc2c1. The predicted molar refractivity (Wildman–Crippen MR) is 56.6 cm³/mol. The van der Waals surface area contributed by atoms with E-state index in [1.165, 1.54) is 0 Å². The molecule has 0 radical (unpaired) electrons. The fraction of sp³-hybridized carbons (Fsp3) is 0.333. The number of hydrogen-bond donors (Lipinski definition) is 0. The molecule has 0 saturated carbocycles. The van der Waals surface area contributed by atoms with E-state index in [9.17, 15) is 0 Å². The molecule has 74 valence electrons. The molecule has 0 aliphatic heterocycles. The Kier molecular flexibility index (Phi) is 2.73. The van der Waals surface area contributed by atoms with Crippen molar-refractivity contribution in [3.8, 4) is 5.75 Å². The lowest BCUT2D eigenvalue weighted by Gasteiger charge is -2.04. The molecule has 0 bridgehead atoms. The first-order chi connectivity index (χ1) is 6.90. The minimum atomic E-state index is 0.780. The molecule has 0 atom stereocenters. The topological polar surface area (TPSA) is 22.4 Å². The van der Waals surface area contributed by atoms with Crippen molar-refractivity contribution in [1.82, 2.24) is 0 Å². The van der Waals surface area contributed by atoms with Crippen LogP contribution in [-0.4, -0.2) is 6.61 Å². The summed E-state index contributed by atoms with van der Waals surface area (Å²) in [5, 5.41) is 1.12. The summed E-state index contributed by atoms with van der Waals surface area (Å²) in [4.78, 5) is 0. The molecule has 2 aromatic rings. The van der Waals surface area contributed by atoms with Crippen LogP contribution in [-0.2, 0) is 0 Å². The van der Waals surface area contributed by atoms with Crippen molar-refractivity contribution in [2.75, 3.05) is 6.61 Å². The van der Waals surface area contributed by atoms with Gasteiger partial charge in [0.2, 0.25) is 0 Å². The van der Waals surface area contributed by atoms with Crippen LogP contribution < -0.4 is 4.74 Å². The second kappa shape index (κ2) is 4.18. The van der Waals surface area contributed by atoms with E-state index in [0.29, 0.717) is 0 Å². The van der Waals surface area contributed by atoms with Gasteiger partial charge in [-0.3, -0.25) is 0 Å². The van der Waals surface area contributed by atoms with Gasteiger partial charge in [0.25, 0.3) is 0 Å². The van der Waals surface area contributed by atoms with Gasteiger partial charge in [-0.15, -0.1) is 0 Å². The molecule has 1 heterocycles. The van der Waals surface area contributed by atoms with E-state index >= 15 is 0 Å². The lowest BCUT2D eigenvalue weighted by molar-refractivity contribution is 0.309. The molecular formula is C12H14O2. The van der Waals surface area contributed by atoms with Crippen LogP contribution >= 0.6 is 0 Å². The van der Waals surface area contributed by atoms with Gasteiger partial charge in [-0.05, 0) is 24.6 Å². The van der Waals surface area contributed by atoms with E-state index in [4.69, 9.17) is 9.15 Å². The van der Waals surface area contributed by atoms with Gasteiger partial charge in [0.15, 0.2) is 0 Å². The van der Waals surface area contributed by atoms with E-state index in [2.05, 4.69) is 6.92 Å². The largest absolute Gasteiger partial charge is 0.493 e. The van der Waals surface area contributed by atoms with Gasteiger partial charge in [-0.1, -0.05) is 13.3 Å². The molecule has 0 spiro atoms. The first-order valence-electron chi connectivity index (χ1n) is 5.00. The molecular weight excluding hydrogens is 176 g/mol. The van der Waals surface area contributed by atoms with Crippen LogP contribution in [0.2, 0.25) is 0 Å². The molecule has 1 aromatic carbocycles. The van der Waals surface area contributed by atoms with Gasteiger partial charge in [0.1, 0.15) is 11.3 Å². The number of hydrogen-bond acceptors (Lipinski definition) is 2. The van der Waals surface area contributed by atoms with Crippen molar-refractivity contribution >= 4 is 11.0 Å². The van der Waals surface area contributed by atoms with Crippen molar-refractivity contribution in [3.63, 3.8) is 0 Å². The van der Waals surface area contributed by atoms with Gasteiger partial charge >= 0.3 is 0 Å². The average molecular weight is 190 g/mol. The lowest BCUT2D eigenvalue weighted by Crippen LogP contribution is -1.95. The van der Waals surface area contributed by atoms with Crippen molar-refractivity contribution in [3.05, 3.63) is 30.5 Å². The van der Waals surface area contributed by atoms with Crippen molar-refractivity contribution in [2.24, 2.45) is 0 Å². The van der Waals surface area contributed by atoms with Gasteiger partial charge in [-0.2, -0.15) is 0 Å². The van der Waals surface area contributed by atoms with Crippen LogP contribution in [0, 0.1) is 0 Å². The summed E-state index contributed by atoms with van der Waals surface area (Å²) in [7, 11) is 0. The summed E-state index contributed by atoms with van der Waals surface area (Å²) >= 11 is 0. The monoisotopic (exact) mass is 190 g/mol. The summed E-state index contributed by atoms with van der Waals surface area (Å²) in [6.45, 7) is 2.93. The minimum absolute atomic E-state index is 0.780. The number of benzene rings is 1. The molecule has 0 aliphatic carbocycles. The summed E-state index contributed by atoms with van der Waals surface area (Å²) in [5.41, 5.74) is 0.888. The fourth-order valence-electron chi connectivity index (χ4n) is 1.36. The van der Waals surface area contributed by atoms with Gasteiger partial charge < -0.3 is 9.15 Å². The van der Waals surface area contributed by atoms with E-state index in [-0.39, 0.29) is 0 Å². The zero-order chi connectivity index (χ0) is 9.80. The standard InChI is InChI=1S/C12H14O2/c1-2-3-7-13-11-5-4-10-6-8-14-12(10)9-11/h4-6,8-9H,2-3,7H2,1H3. The fourth-order valence-corrected chi connectivity index (χ4v) is 1.36. The zero-order valence-electron chi connectivity index (χ0n) is 8.32. The molecule has 0 fully saturated rings. The Labute approximate surface area is 83.5 Å². The van der Waals surface area contributed by atoms with Gasteiger partial charge in [-0.25, -0.2) is 0 Å². The van der Waals surface area contributed by atoms with Crippen LogP contribution in [0.25, 0.3) is 11.0 Å². The van der Waals surface area contributed by atoms with Crippen LogP contribution in [0.4, 0.5) is 0 Å². The van der Waals surface area contributed by atoms with Crippen molar-refractivity contribution in [2.45, 2.75) is 19.8 Å². The average Bonchev–Trinajstić information content (AvgIpc) is 2.65. The van der Waals surface area contributed by atoms with E-state index < -0.39 is 0 Å². The maximum absolute atomic E-state index is 5.56. The maximum atomic E-state index is 5.56. The molecule has 2 nitrogen and oxygen atoms in total. The Morgan fingerprint density at radius 3 is 3.07 bits per heavy atom. The van der Waals surface area contributed by atoms with Crippen molar-refractivity contribution < 1.29 is 9.15 Å². The Balaban J connectivity index is 2.10. The first-order valence-corrected chi connectivity index (χ1v) is 5.00. The third-order valence-electron chi connectivity index (χ3n) is 2.19. The highest BCUT2D eigenvalue weighted by atomic mass is 16.5. The molecule has 0 aliphatic rings. The minimum Gasteiger partial charge on any atom is -0.493 e. The highest BCUT2D eigenvalue weighted by Crippen LogP contribution is 2.21. The smallest absolute Gasteiger partial charge is 0.137 e. The number of rotatable bonds is 4. The molecule has 0 amide bonds. The summed E-state index contributed by atoms with van der Waals surface area (Å²) in [5.74, 6) is 0.890. The lowest BCUT2D eigenvalue weighted by atomic mass is 10.2. The Hall–Kier alpha value is -1.44. The second-order valence-corrected chi connectivity index (χ2v) is 3.32. The third-order valence-corrected chi connectivity index (χ3v) is 2.19. The summed E-state index contributed by atoms with van der Waals surface area (Å²) < 4.78 is 10.8. The molecule has 0 N–H and O–H groups in total. The number of fused-ring (bicyclic) bond motifs is 1. The number of ether oxygens (including phenoxy) is 1. The maximum Gasteiger partial charge on any atom is 0.137 e. The normalized spacial score (nSPS) is 10.6. The van der Waals surface area contributed by atoms with E-state index in [0.717, 1.165) is 36.2 Å². The van der Waals surface area contributed by atoms with E-state index in [1.54, 1.807) is 6.26 Å². The third kappa shape index (κ3) is 1.90. The molecule has 2 rings (SSSR count). The van der Waals surface area contributed by atoms with Crippen molar-refractivity contribution in [1.29, 1.82) is 0 Å². The van der Waals surface area contributed by atoms with Crippen LogP contribution in [0.1, 0.15) is 19.8 Å². The first kappa shape index (κ1) is 9.13. The summed E-state index contributed by atoms with van der Waals surface area (Å²) in [6, 6.07) is 7.88. The molecule has 0 unspecified atom stereocenters. The molecule has 2 heteroatoms. The highest BCUT2D eigenvalue weighted by molar-refractivity contribution is 5.78.